The number of carbonyl (C=O) groups is 1. The van der Waals surface area contributed by atoms with E-state index in [-0.39, 0.29) is 15.9 Å². The summed E-state index contributed by atoms with van der Waals surface area (Å²) in [5.41, 5.74) is 6.59. The smallest absolute Gasteiger partial charge is 0.255 e. The van der Waals surface area contributed by atoms with Crippen LogP contribution in [0.25, 0.3) is 0 Å². The Hall–Kier alpha value is -2.41. The van der Waals surface area contributed by atoms with Gasteiger partial charge in [-0.2, -0.15) is 0 Å². The number of carbonyl (C=O) groups excluding carboxylic acids is 1. The van der Waals surface area contributed by atoms with Crippen molar-refractivity contribution in [2.24, 2.45) is 10.9 Å². The highest BCUT2D eigenvalue weighted by atomic mass is 79.9. The van der Waals surface area contributed by atoms with Crippen LogP contribution in [0, 0.1) is 5.82 Å². The molecule has 0 saturated heterocycles. The van der Waals surface area contributed by atoms with E-state index in [0.29, 0.717) is 11.3 Å². The standard InChI is InChI=1S/C14H11BrFN3O2/c15-10-7-8(5-6-11(10)16)14(20)18-12-4-2-1-3-9(12)13(17)19-21/h1-7,21H,(H2,17,19)(H,18,20). The van der Waals surface area contributed by atoms with E-state index in [1.807, 2.05) is 0 Å². The number of nitrogens with zero attached hydrogens (tertiary/aromatic N) is 1. The van der Waals surface area contributed by atoms with Crippen LogP contribution in [-0.4, -0.2) is 17.0 Å². The molecule has 0 aliphatic rings. The van der Waals surface area contributed by atoms with Crippen molar-refractivity contribution in [3.05, 3.63) is 63.9 Å². The van der Waals surface area contributed by atoms with E-state index in [4.69, 9.17) is 10.9 Å². The zero-order valence-electron chi connectivity index (χ0n) is 10.7. The molecular formula is C14H11BrFN3O2. The number of oxime groups is 1. The molecule has 4 N–H and O–H groups in total. The Kier molecular flexibility index (Phi) is 4.54. The number of rotatable bonds is 3. The van der Waals surface area contributed by atoms with E-state index >= 15 is 0 Å². The number of amidine groups is 1. The van der Waals surface area contributed by atoms with Crippen molar-refractivity contribution >= 4 is 33.4 Å². The summed E-state index contributed by atoms with van der Waals surface area (Å²) >= 11 is 3.02. The van der Waals surface area contributed by atoms with Crippen LogP contribution in [0.3, 0.4) is 0 Å². The van der Waals surface area contributed by atoms with Gasteiger partial charge in [0, 0.05) is 11.1 Å². The third-order valence-electron chi connectivity index (χ3n) is 2.74. The van der Waals surface area contributed by atoms with Crippen LogP contribution in [0.4, 0.5) is 10.1 Å². The van der Waals surface area contributed by atoms with Crippen molar-refractivity contribution in [3.8, 4) is 0 Å². The molecule has 2 aromatic carbocycles. The molecule has 0 aliphatic heterocycles. The fourth-order valence-corrected chi connectivity index (χ4v) is 2.08. The number of hydrogen-bond donors (Lipinski definition) is 3. The van der Waals surface area contributed by atoms with Gasteiger partial charge in [0.2, 0.25) is 0 Å². The van der Waals surface area contributed by atoms with Gasteiger partial charge in [-0.3, -0.25) is 4.79 Å². The van der Waals surface area contributed by atoms with E-state index in [1.54, 1.807) is 24.3 Å². The third-order valence-corrected chi connectivity index (χ3v) is 3.35. The summed E-state index contributed by atoms with van der Waals surface area (Å²) < 4.78 is 13.4. The molecule has 0 radical (unpaired) electrons. The fraction of sp³-hybridized carbons (Fsp3) is 0. The molecule has 0 fully saturated rings. The Balaban J connectivity index is 2.30. The molecule has 0 aromatic heterocycles. The second-order valence-corrected chi connectivity index (χ2v) is 4.97. The molecule has 7 heteroatoms. The maximum absolute atomic E-state index is 13.2. The molecule has 1 amide bonds. The van der Waals surface area contributed by atoms with Crippen LogP contribution < -0.4 is 11.1 Å². The maximum Gasteiger partial charge on any atom is 0.255 e. The van der Waals surface area contributed by atoms with Gasteiger partial charge in [0.25, 0.3) is 5.91 Å². The first-order chi connectivity index (χ1) is 10.0. The minimum atomic E-state index is -0.455. The molecule has 21 heavy (non-hydrogen) atoms. The van der Waals surface area contributed by atoms with E-state index in [9.17, 15) is 9.18 Å². The number of para-hydroxylation sites is 1. The van der Waals surface area contributed by atoms with E-state index in [2.05, 4.69) is 26.4 Å². The summed E-state index contributed by atoms with van der Waals surface area (Å²) in [4.78, 5) is 12.1. The van der Waals surface area contributed by atoms with Gasteiger partial charge in [0.1, 0.15) is 5.82 Å². The number of nitrogens with one attached hydrogen (secondary N) is 1. The van der Waals surface area contributed by atoms with Gasteiger partial charge in [-0.05, 0) is 46.3 Å². The Bertz CT molecular complexity index is 719. The lowest BCUT2D eigenvalue weighted by molar-refractivity contribution is 0.102. The van der Waals surface area contributed by atoms with Crippen molar-refractivity contribution in [1.82, 2.24) is 0 Å². The topological polar surface area (TPSA) is 87.7 Å². The van der Waals surface area contributed by atoms with Crippen molar-refractivity contribution in [1.29, 1.82) is 0 Å². The second-order valence-electron chi connectivity index (χ2n) is 4.11. The predicted molar refractivity (Wildman–Crippen MR) is 81.0 cm³/mol. The molecule has 108 valence electrons. The number of halogens is 2. The van der Waals surface area contributed by atoms with Crippen LogP contribution in [0.1, 0.15) is 15.9 Å². The van der Waals surface area contributed by atoms with Crippen LogP contribution >= 0.6 is 15.9 Å². The molecule has 2 rings (SSSR count). The number of anilines is 1. The van der Waals surface area contributed by atoms with Crippen molar-refractivity contribution in [2.45, 2.75) is 0 Å². The summed E-state index contributed by atoms with van der Waals surface area (Å²) in [6.45, 7) is 0. The second kappa shape index (κ2) is 6.36. The van der Waals surface area contributed by atoms with Crippen molar-refractivity contribution in [2.75, 3.05) is 5.32 Å². The van der Waals surface area contributed by atoms with Crippen LogP contribution in [-0.2, 0) is 0 Å². The molecule has 2 aromatic rings. The molecule has 0 heterocycles. The first-order valence-corrected chi connectivity index (χ1v) is 6.65. The highest BCUT2D eigenvalue weighted by Crippen LogP contribution is 2.19. The Morgan fingerprint density at radius 1 is 1.29 bits per heavy atom. The zero-order chi connectivity index (χ0) is 15.4. The summed E-state index contributed by atoms with van der Waals surface area (Å²) in [6.07, 6.45) is 0. The van der Waals surface area contributed by atoms with Gasteiger partial charge < -0.3 is 16.3 Å². The Morgan fingerprint density at radius 3 is 2.67 bits per heavy atom. The molecule has 0 bridgehead atoms. The molecule has 0 aliphatic carbocycles. The zero-order valence-corrected chi connectivity index (χ0v) is 12.3. The fourth-order valence-electron chi connectivity index (χ4n) is 1.70. The van der Waals surface area contributed by atoms with E-state index in [0.717, 1.165) is 0 Å². The normalized spacial score (nSPS) is 11.2. The number of hydrogen-bond acceptors (Lipinski definition) is 3. The van der Waals surface area contributed by atoms with Gasteiger partial charge in [-0.15, -0.1) is 0 Å². The lowest BCUT2D eigenvalue weighted by Crippen LogP contribution is -2.19. The van der Waals surface area contributed by atoms with E-state index in [1.165, 1.54) is 18.2 Å². The summed E-state index contributed by atoms with van der Waals surface area (Å²) in [7, 11) is 0. The monoisotopic (exact) mass is 351 g/mol. The van der Waals surface area contributed by atoms with Crippen molar-refractivity contribution in [3.63, 3.8) is 0 Å². The summed E-state index contributed by atoms with van der Waals surface area (Å²) in [5, 5.41) is 14.3. The van der Waals surface area contributed by atoms with Crippen LogP contribution in [0.5, 0.6) is 0 Å². The molecule has 0 atom stereocenters. The maximum atomic E-state index is 13.2. The van der Waals surface area contributed by atoms with Gasteiger partial charge in [0.05, 0.1) is 10.2 Å². The molecular weight excluding hydrogens is 341 g/mol. The molecule has 0 saturated carbocycles. The number of amides is 1. The van der Waals surface area contributed by atoms with Crippen LogP contribution in [0.2, 0.25) is 0 Å². The molecule has 5 nitrogen and oxygen atoms in total. The van der Waals surface area contributed by atoms with Crippen molar-refractivity contribution < 1.29 is 14.4 Å². The lowest BCUT2D eigenvalue weighted by atomic mass is 10.1. The van der Waals surface area contributed by atoms with Crippen LogP contribution in [0.15, 0.2) is 52.1 Å². The third kappa shape index (κ3) is 3.38. The van der Waals surface area contributed by atoms with E-state index < -0.39 is 11.7 Å². The first kappa shape index (κ1) is 15.0. The Morgan fingerprint density at radius 2 is 2.00 bits per heavy atom. The lowest BCUT2D eigenvalue weighted by Gasteiger charge is -2.10. The van der Waals surface area contributed by atoms with Gasteiger partial charge >= 0.3 is 0 Å². The SMILES string of the molecule is N/C(=N/O)c1ccccc1NC(=O)c1ccc(F)c(Br)c1. The van der Waals surface area contributed by atoms with Gasteiger partial charge in [0.15, 0.2) is 5.84 Å². The summed E-state index contributed by atoms with van der Waals surface area (Å²) in [5.74, 6) is -1.01. The highest BCUT2D eigenvalue weighted by Gasteiger charge is 2.12. The summed E-state index contributed by atoms with van der Waals surface area (Å²) in [6, 6.07) is 10.5. The van der Waals surface area contributed by atoms with Gasteiger partial charge in [-0.1, -0.05) is 17.3 Å². The number of benzene rings is 2. The number of nitrogens with two attached hydrogens (primary N) is 1. The quantitative estimate of drug-likeness (QED) is 0.344. The molecule has 0 unspecified atom stereocenters. The van der Waals surface area contributed by atoms with Gasteiger partial charge in [-0.25, -0.2) is 4.39 Å². The molecule has 0 spiro atoms. The first-order valence-electron chi connectivity index (χ1n) is 5.86. The largest absolute Gasteiger partial charge is 0.409 e. The minimum absolute atomic E-state index is 0.119. The Labute approximate surface area is 128 Å². The average Bonchev–Trinajstić information content (AvgIpc) is 2.49. The highest BCUT2D eigenvalue weighted by molar-refractivity contribution is 9.10. The predicted octanol–water partition coefficient (Wildman–Crippen LogP) is 2.94. The average molecular weight is 352 g/mol. The minimum Gasteiger partial charge on any atom is -0.409 e.